The predicted molar refractivity (Wildman–Crippen MR) is 91.0 cm³/mol. The van der Waals surface area contributed by atoms with Crippen LogP contribution in [0.5, 0.6) is 0 Å². The number of nitrogens with zero attached hydrogens (tertiary/aromatic N) is 1. The fourth-order valence-corrected chi connectivity index (χ4v) is 2.31. The van der Waals surface area contributed by atoms with Crippen LogP contribution in [0.2, 0.25) is 0 Å². The van der Waals surface area contributed by atoms with Gasteiger partial charge in [-0.1, -0.05) is 45.2 Å². The van der Waals surface area contributed by atoms with E-state index in [2.05, 4.69) is 38.2 Å². The van der Waals surface area contributed by atoms with Crippen molar-refractivity contribution in [1.29, 1.82) is 0 Å². The molecule has 0 heterocycles. The minimum absolute atomic E-state index is 0.0180. The molecule has 0 aliphatic heterocycles. The second kappa shape index (κ2) is 9.43. The molecule has 1 aromatic carbocycles. The molecule has 3 heteroatoms. The molecule has 0 unspecified atom stereocenters. The number of nitrogens with one attached hydrogen (secondary N) is 1. The largest absolute Gasteiger partial charge is 0.328 e. The van der Waals surface area contributed by atoms with Gasteiger partial charge >= 0.3 is 6.03 Å². The number of anilines is 1. The Morgan fingerprint density at radius 2 is 1.86 bits per heavy atom. The lowest BCUT2D eigenvalue weighted by atomic mass is 10.0. The standard InChI is InChI=1S/C18H30N2O/c1-5-7-9-13-20(4)18(21)19-17-12-11-16(10-8-6-2)14-15(17)3/h11-12,14H,5-10,13H2,1-4H3,(H,19,21). The molecule has 0 aliphatic rings. The highest BCUT2D eigenvalue weighted by Crippen LogP contribution is 2.18. The summed E-state index contributed by atoms with van der Waals surface area (Å²) >= 11 is 0. The van der Waals surface area contributed by atoms with Gasteiger partial charge in [-0.05, 0) is 43.4 Å². The van der Waals surface area contributed by atoms with Gasteiger partial charge < -0.3 is 10.2 Å². The van der Waals surface area contributed by atoms with Crippen LogP contribution in [0.15, 0.2) is 18.2 Å². The third-order valence-corrected chi connectivity index (χ3v) is 3.80. The molecule has 1 rings (SSSR count). The van der Waals surface area contributed by atoms with Crippen LogP contribution in [0.3, 0.4) is 0 Å². The van der Waals surface area contributed by atoms with Crippen molar-refractivity contribution in [3.63, 3.8) is 0 Å². The Morgan fingerprint density at radius 3 is 2.48 bits per heavy atom. The molecule has 0 radical (unpaired) electrons. The molecule has 1 aromatic rings. The third kappa shape index (κ3) is 6.19. The van der Waals surface area contributed by atoms with Crippen LogP contribution in [-0.4, -0.2) is 24.5 Å². The van der Waals surface area contributed by atoms with Crippen LogP contribution in [0.25, 0.3) is 0 Å². The molecule has 0 bridgehead atoms. The topological polar surface area (TPSA) is 32.3 Å². The zero-order chi connectivity index (χ0) is 15.7. The van der Waals surface area contributed by atoms with E-state index in [9.17, 15) is 4.79 Å². The molecule has 0 atom stereocenters. The van der Waals surface area contributed by atoms with E-state index in [4.69, 9.17) is 0 Å². The molecule has 1 N–H and O–H groups in total. The van der Waals surface area contributed by atoms with Crippen LogP contribution in [0, 0.1) is 6.92 Å². The minimum atomic E-state index is -0.0180. The highest BCUT2D eigenvalue weighted by Gasteiger charge is 2.09. The molecule has 2 amide bonds. The SMILES string of the molecule is CCCCCN(C)C(=O)Nc1ccc(CCCC)cc1C. The number of hydrogen-bond acceptors (Lipinski definition) is 1. The first-order valence-corrected chi connectivity index (χ1v) is 8.20. The van der Waals surface area contributed by atoms with Gasteiger partial charge in [0.2, 0.25) is 0 Å². The van der Waals surface area contributed by atoms with Crippen molar-refractivity contribution >= 4 is 11.7 Å². The summed E-state index contributed by atoms with van der Waals surface area (Å²) in [5.41, 5.74) is 3.41. The fraction of sp³-hybridized carbons (Fsp3) is 0.611. The number of urea groups is 1. The number of rotatable bonds is 8. The van der Waals surface area contributed by atoms with Gasteiger partial charge in [0, 0.05) is 19.3 Å². The van der Waals surface area contributed by atoms with Crippen molar-refractivity contribution in [3.05, 3.63) is 29.3 Å². The van der Waals surface area contributed by atoms with E-state index < -0.39 is 0 Å². The number of hydrogen-bond donors (Lipinski definition) is 1. The monoisotopic (exact) mass is 290 g/mol. The molecular formula is C18H30N2O. The quantitative estimate of drug-likeness (QED) is 0.672. The Kier molecular flexibility index (Phi) is 7.88. The van der Waals surface area contributed by atoms with E-state index in [-0.39, 0.29) is 6.03 Å². The van der Waals surface area contributed by atoms with Gasteiger partial charge in [0.1, 0.15) is 0 Å². The first kappa shape index (κ1) is 17.5. The van der Waals surface area contributed by atoms with Crippen LogP contribution in [0.1, 0.15) is 57.1 Å². The summed E-state index contributed by atoms with van der Waals surface area (Å²) in [5, 5.41) is 3.01. The maximum atomic E-state index is 12.1. The molecule has 0 saturated heterocycles. The zero-order valence-corrected chi connectivity index (χ0v) is 14.0. The Morgan fingerprint density at radius 1 is 1.14 bits per heavy atom. The van der Waals surface area contributed by atoms with Gasteiger partial charge in [-0.15, -0.1) is 0 Å². The molecule has 0 spiro atoms. The summed E-state index contributed by atoms with van der Waals surface area (Å²) in [6, 6.07) is 6.31. The predicted octanol–water partition coefficient (Wildman–Crippen LogP) is 4.99. The summed E-state index contributed by atoms with van der Waals surface area (Å²) < 4.78 is 0. The molecule has 0 aliphatic carbocycles. The van der Waals surface area contributed by atoms with Gasteiger partial charge in [-0.25, -0.2) is 4.79 Å². The molecule has 0 aromatic heterocycles. The van der Waals surface area contributed by atoms with Crippen molar-refractivity contribution in [2.75, 3.05) is 18.9 Å². The van der Waals surface area contributed by atoms with Crippen molar-refractivity contribution < 1.29 is 4.79 Å². The highest BCUT2D eigenvalue weighted by molar-refractivity contribution is 5.90. The smallest absolute Gasteiger partial charge is 0.321 e. The Hall–Kier alpha value is -1.51. The summed E-state index contributed by atoms with van der Waals surface area (Å²) in [6.45, 7) is 7.24. The van der Waals surface area contributed by atoms with Crippen LogP contribution < -0.4 is 5.32 Å². The molecule has 0 fully saturated rings. The highest BCUT2D eigenvalue weighted by atomic mass is 16.2. The molecule has 21 heavy (non-hydrogen) atoms. The van der Waals surface area contributed by atoms with Gasteiger partial charge in [-0.3, -0.25) is 0 Å². The zero-order valence-electron chi connectivity index (χ0n) is 14.0. The second-order valence-corrected chi connectivity index (χ2v) is 5.81. The normalized spacial score (nSPS) is 10.5. The summed E-state index contributed by atoms with van der Waals surface area (Å²) in [7, 11) is 1.86. The van der Waals surface area contributed by atoms with E-state index in [1.807, 2.05) is 13.1 Å². The number of unbranched alkanes of at least 4 members (excludes halogenated alkanes) is 3. The number of carbonyl (C=O) groups is 1. The van der Waals surface area contributed by atoms with E-state index in [1.54, 1.807) is 4.90 Å². The lowest BCUT2D eigenvalue weighted by molar-refractivity contribution is 0.221. The maximum absolute atomic E-state index is 12.1. The van der Waals surface area contributed by atoms with Crippen LogP contribution in [-0.2, 0) is 6.42 Å². The van der Waals surface area contributed by atoms with E-state index in [0.29, 0.717) is 0 Å². The lowest BCUT2D eigenvalue weighted by Gasteiger charge is -2.19. The summed E-state index contributed by atoms with van der Waals surface area (Å²) in [5.74, 6) is 0. The van der Waals surface area contributed by atoms with E-state index in [0.717, 1.165) is 30.6 Å². The Bertz CT molecular complexity index is 443. The number of benzene rings is 1. The Balaban J connectivity index is 2.55. The van der Waals surface area contributed by atoms with Gasteiger partial charge in [-0.2, -0.15) is 0 Å². The molecule has 0 saturated carbocycles. The van der Waals surface area contributed by atoms with Crippen molar-refractivity contribution in [2.24, 2.45) is 0 Å². The third-order valence-electron chi connectivity index (χ3n) is 3.80. The summed E-state index contributed by atoms with van der Waals surface area (Å²) in [4.78, 5) is 13.9. The number of carbonyl (C=O) groups excluding carboxylic acids is 1. The lowest BCUT2D eigenvalue weighted by Crippen LogP contribution is -2.32. The van der Waals surface area contributed by atoms with Gasteiger partial charge in [0.25, 0.3) is 0 Å². The average molecular weight is 290 g/mol. The van der Waals surface area contributed by atoms with Crippen LogP contribution in [0.4, 0.5) is 10.5 Å². The van der Waals surface area contributed by atoms with Crippen molar-refractivity contribution in [3.8, 4) is 0 Å². The van der Waals surface area contributed by atoms with E-state index >= 15 is 0 Å². The maximum Gasteiger partial charge on any atom is 0.321 e. The second-order valence-electron chi connectivity index (χ2n) is 5.81. The molecule has 118 valence electrons. The molecular weight excluding hydrogens is 260 g/mol. The fourth-order valence-electron chi connectivity index (χ4n) is 2.31. The van der Waals surface area contributed by atoms with Crippen molar-refractivity contribution in [2.45, 2.75) is 59.3 Å². The molecule has 3 nitrogen and oxygen atoms in total. The Labute approximate surface area is 129 Å². The van der Waals surface area contributed by atoms with E-state index in [1.165, 1.54) is 31.2 Å². The number of aryl methyl sites for hydroxylation is 2. The first-order valence-electron chi connectivity index (χ1n) is 8.20. The number of amides is 2. The first-order chi connectivity index (χ1) is 10.1. The summed E-state index contributed by atoms with van der Waals surface area (Å²) in [6.07, 6.45) is 6.94. The average Bonchev–Trinajstić information content (AvgIpc) is 2.47. The van der Waals surface area contributed by atoms with Crippen molar-refractivity contribution in [1.82, 2.24) is 4.90 Å². The van der Waals surface area contributed by atoms with Gasteiger partial charge in [0.05, 0.1) is 0 Å². The van der Waals surface area contributed by atoms with Gasteiger partial charge in [0.15, 0.2) is 0 Å². The minimum Gasteiger partial charge on any atom is -0.328 e. The van der Waals surface area contributed by atoms with Crippen LogP contribution >= 0.6 is 0 Å².